The number of nitrogens with one attached hydrogen (secondary N) is 2. The van der Waals surface area contributed by atoms with Crippen molar-refractivity contribution >= 4 is 39.7 Å². The summed E-state index contributed by atoms with van der Waals surface area (Å²) in [5.74, 6) is 0.803. The molecule has 2 fully saturated rings. The fraction of sp³-hybridized carbons (Fsp3) is 0.320. The second kappa shape index (κ2) is 10.7. The summed E-state index contributed by atoms with van der Waals surface area (Å²) in [6.45, 7) is 2.97. The number of carboxylic acids is 1. The fourth-order valence-electron chi connectivity index (χ4n) is 3.69. The van der Waals surface area contributed by atoms with E-state index in [1.54, 1.807) is 0 Å². The van der Waals surface area contributed by atoms with Crippen LogP contribution in [0.15, 0.2) is 48.5 Å². The van der Waals surface area contributed by atoms with Crippen LogP contribution >= 0.6 is 11.3 Å². The van der Waals surface area contributed by atoms with E-state index >= 15 is 0 Å². The third-order valence-electron chi connectivity index (χ3n) is 5.48. The number of aromatic nitrogens is 1. The highest BCUT2D eigenvalue weighted by Gasteiger charge is 2.25. The summed E-state index contributed by atoms with van der Waals surface area (Å²) in [6, 6.07) is 15.6. The van der Waals surface area contributed by atoms with Gasteiger partial charge in [0, 0.05) is 24.7 Å². The van der Waals surface area contributed by atoms with E-state index < -0.39 is 5.97 Å². The molecule has 0 spiro atoms. The van der Waals surface area contributed by atoms with E-state index in [4.69, 9.17) is 20.4 Å². The number of nitrogens with zero attached hydrogens (tertiary/aromatic N) is 1. The number of hydrogen-bond acceptors (Lipinski definition) is 8. The van der Waals surface area contributed by atoms with Crippen LogP contribution in [-0.2, 0) is 4.79 Å². The lowest BCUT2D eigenvalue weighted by atomic mass is 10.0. The molecule has 9 heteroatoms. The molecule has 1 atom stereocenters. The van der Waals surface area contributed by atoms with Crippen molar-refractivity contribution in [2.45, 2.75) is 38.2 Å². The molecule has 5 N–H and O–H groups in total. The molecule has 1 aliphatic carbocycles. The number of hydrogen-bond donors (Lipinski definition) is 4. The van der Waals surface area contributed by atoms with Gasteiger partial charge in [0.1, 0.15) is 22.5 Å². The summed E-state index contributed by atoms with van der Waals surface area (Å²) in [7, 11) is 0. The summed E-state index contributed by atoms with van der Waals surface area (Å²) in [5.41, 5.74) is 8.85. The van der Waals surface area contributed by atoms with Gasteiger partial charge in [-0.2, -0.15) is 0 Å². The van der Waals surface area contributed by atoms with Crippen molar-refractivity contribution < 1.29 is 19.4 Å². The molecule has 0 amide bonds. The van der Waals surface area contributed by atoms with Crippen molar-refractivity contribution in [1.29, 1.82) is 0 Å². The normalized spacial score (nSPS) is 16.9. The zero-order valence-corrected chi connectivity index (χ0v) is 19.7. The fourth-order valence-corrected chi connectivity index (χ4v) is 4.56. The number of anilines is 3. The van der Waals surface area contributed by atoms with E-state index in [2.05, 4.69) is 21.7 Å². The summed E-state index contributed by atoms with van der Waals surface area (Å²) in [6.07, 6.45) is 3.67. The maximum absolute atomic E-state index is 13.0. The molecule has 2 heterocycles. The number of aliphatic carboxylic acids is 1. The van der Waals surface area contributed by atoms with Crippen LogP contribution in [0, 0.1) is 0 Å². The van der Waals surface area contributed by atoms with E-state index in [1.165, 1.54) is 29.7 Å². The molecule has 3 aromatic rings. The molecule has 8 nitrogen and oxygen atoms in total. The van der Waals surface area contributed by atoms with Crippen molar-refractivity contribution in [1.82, 2.24) is 10.3 Å². The molecule has 2 aliphatic rings. The molecule has 2 aromatic carbocycles. The molecule has 1 aromatic heterocycles. The quantitative estimate of drug-likeness (QED) is 0.366. The van der Waals surface area contributed by atoms with E-state index in [0.717, 1.165) is 37.9 Å². The topological polar surface area (TPSA) is 127 Å². The van der Waals surface area contributed by atoms with Crippen LogP contribution in [0.25, 0.3) is 0 Å². The maximum Gasteiger partial charge on any atom is 0.300 e. The molecule has 1 unspecified atom stereocenters. The number of rotatable bonds is 7. The number of ether oxygens (including phenoxy) is 1. The van der Waals surface area contributed by atoms with Gasteiger partial charge in [0.15, 0.2) is 5.13 Å². The van der Waals surface area contributed by atoms with Gasteiger partial charge in [-0.3, -0.25) is 9.59 Å². The van der Waals surface area contributed by atoms with Gasteiger partial charge in [0.25, 0.3) is 5.97 Å². The largest absolute Gasteiger partial charge is 0.489 e. The SMILES string of the molecule is CC(=O)O.Nc1nc(Nc2ccc(OC3CCNC3)cc2)sc1C(=O)c1cccc(C2CC2)c1. The van der Waals surface area contributed by atoms with Crippen LogP contribution in [0.3, 0.4) is 0 Å². The number of nitrogen functional groups attached to an aromatic ring is 1. The summed E-state index contributed by atoms with van der Waals surface area (Å²) >= 11 is 1.28. The Morgan fingerprint density at radius 2 is 1.91 bits per heavy atom. The number of thiazole rings is 1. The summed E-state index contributed by atoms with van der Waals surface area (Å²) < 4.78 is 5.95. The second-order valence-corrected chi connectivity index (χ2v) is 9.36. The molecule has 0 bridgehead atoms. The minimum absolute atomic E-state index is 0.0746. The van der Waals surface area contributed by atoms with E-state index in [9.17, 15) is 4.79 Å². The summed E-state index contributed by atoms with van der Waals surface area (Å²) in [4.78, 5) is 26.8. The van der Waals surface area contributed by atoms with Crippen LogP contribution < -0.4 is 21.1 Å². The first kappa shape index (κ1) is 23.7. The number of carbonyl (C=O) groups is 2. The number of carboxylic acid groups (broad SMARTS) is 1. The molecule has 178 valence electrons. The Morgan fingerprint density at radius 1 is 1.18 bits per heavy atom. The molecule has 34 heavy (non-hydrogen) atoms. The van der Waals surface area contributed by atoms with Crippen LogP contribution in [0.2, 0.25) is 0 Å². The standard InChI is InChI=1S/C23H24N4O2S.C2H4O2/c24-22-21(20(28)16-3-1-2-15(12-16)14-4-5-14)30-23(27-22)26-17-6-8-18(9-7-17)29-19-10-11-25-13-19;1-2(3)4/h1-3,6-9,12,14,19,25H,4-5,10-11,13,24H2,(H,26,27);1H3,(H,3,4). The zero-order chi connectivity index (χ0) is 24.1. The Hall–Kier alpha value is -3.43. The van der Waals surface area contributed by atoms with Crippen LogP contribution in [0.4, 0.5) is 16.6 Å². The Morgan fingerprint density at radius 3 is 2.56 bits per heavy atom. The lowest BCUT2D eigenvalue weighted by Crippen LogP contribution is -2.19. The third-order valence-corrected chi connectivity index (χ3v) is 6.47. The average Bonchev–Trinajstić information content (AvgIpc) is 3.43. The Kier molecular flexibility index (Phi) is 7.44. The maximum atomic E-state index is 13.0. The average molecular weight is 481 g/mol. The minimum atomic E-state index is -0.833. The van der Waals surface area contributed by atoms with Crippen molar-refractivity contribution in [2.75, 3.05) is 24.1 Å². The van der Waals surface area contributed by atoms with Gasteiger partial charge >= 0.3 is 0 Å². The van der Waals surface area contributed by atoms with Gasteiger partial charge < -0.3 is 26.2 Å². The van der Waals surface area contributed by atoms with Crippen molar-refractivity contribution in [3.8, 4) is 5.75 Å². The van der Waals surface area contributed by atoms with Gasteiger partial charge in [0.2, 0.25) is 5.78 Å². The Labute approximate surface area is 202 Å². The number of benzene rings is 2. The predicted molar refractivity (Wildman–Crippen MR) is 133 cm³/mol. The second-order valence-electron chi connectivity index (χ2n) is 8.36. The number of nitrogens with two attached hydrogens (primary N) is 1. The number of carbonyl (C=O) groups excluding carboxylic acids is 1. The molecule has 5 rings (SSSR count). The van der Waals surface area contributed by atoms with Crippen LogP contribution in [0.5, 0.6) is 5.75 Å². The molecule has 1 saturated carbocycles. The van der Waals surface area contributed by atoms with Gasteiger partial charge in [-0.15, -0.1) is 0 Å². The minimum Gasteiger partial charge on any atom is -0.489 e. The lowest BCUT2D eigenvalue weighted by molar-refractivity contribution is -0.134. The molecule has 0 radical (unpaired) electrons. The zero-order valence-electron chi connectivity index (χ0n) is 18.9. The van der Waals surface area contributed by atoms with Crippen molar-refractivity contribution in [3.63, 3.8) is 0 Å². The van der Waals surface area contributed by atoms with E-state index in [1.807, 2.05) is 42.5 Å². The molecule has 1 saturated heterocycles. The number of ketones is 1. The first-order valence-electron chi connectivity index (χ1n) is 11.2. The molecular formula is C25H28N4O4S. The molecule has 1 aliphatic heterocycles. The molecular weight excluding hydrogens is 452 g/mol. The van der Waals surface area contributed by atoms with E-state index in [0.29, 0.717) is 21.5 Å². The third kappa shape index (κ3) is 6.33. The van der Waals surface area contributed by atoms with E-state index in [-0.39, 0.29) is 17.7 Å². The Balaban J connectivity index is 0.000000636. The van der Waals surface area contributed by atoms with Gasteiger partial charge in [-0.25, -0.2) is 4.98 Å². The highest BCUT2D eigenvalue weighted by molar-refractivity contribution is 7.18. The highest BCUT2D eigenvalue weighted by Crippen LogP contribution is 2.40. The first-order valence-corrected chi connectivity index (χ1v) is 12.1. The van der Waals surface area contributed by atoms with Crippen LogP contribution in [-0.4, -0.2) is 41.0 Å². The van der Waals surface area contributed by atoms with Crippen molar-refractivity contribution in [2.24, 2.45) is 0 Å². The van der Waals surface area contributed by atoms with Crippen molar-refractivity contribution in [3.05, 3.63) is 64.5 Å². The van der Waals surface area contributed by atoms with Crippen LogP contribution in [0.1, 0.15) is 52.9 Å². The first-order chi connectivity index (χ1) is 16.4. The monoisotopic (exact) mass is 480 g/mol. The summed E-state index contributed by atoms with van der Waals surface area (Å²) in [5, 5.41) is 14.5. The van der Waals surface area contributed by atoms with Gasteiger partial charge in [-0.05, 0) is 67.6 Å². The van der Waals surface area contributed by atoms with Gasteiger partial charge in [-0.1, -0.05) is 29.5 Å². The predicted octanol–water partition coefficient (Wildman–Crippen LogP) is 4.41. The van der Waals surface area contributed by atoms with Gasteiger partial charge in [0.05, 0.1) is 0 Å². The Bertz CT molecular complexity index is 1150. The highest BCUT2D eigenvalue weighted by atomic mass is 32.1. The lowest BCUT2D eigenvalue weighted by Gasteiger charge is -2.12. The smallest absolute Gasteiger partial charge is 0.300 e.